The summed E-state index contributed by atoms with van der Waals surface area (Å²) >= 11 is 3.09. The highest BCUT2D eigenvalue weighted by Crippen LogP contribution is 2.25. The lowest BCUT2D eigenvalue weighted by Crippen LogP contribution is -2.28. The lowest BCUT2D eigenvalue weighted by Gasteiger charge is -2.17. The maximum absolute atomic E-state index is 10.8. The molecule has 15 heavy (non-hydrogen) atoms. The molecule has 0 bridgehead atoms. The number of hydrogen-bond acceptors (Lipinski definition) is 4. The minimum atomic E-state index is -1.41. The Hall–Kier alpha value is -1.36. The van der Waals surface area contributed by atoms with Crippen LogP contribution in [0.4, 0.5) is 0 Å². The van der Waals surface area contributed by atoms with Crippen molar-refractivity contribution in [3.05, 3.63) is 32.8 Å². The lowest BCUT2D eigenvalue weighted by atomic mass is 9.98. The van der Waals surface area contributed by atoms with Gasteiger partial charge in [0, 0.05) is 15.6 Å². The van der Waals surface area contributed by atoms with Gasteiger partial charge in [0.25, 0.3) is 0 Å². The van der Waals surface area contributed by atoms with Crippen molar-refractivity contribution in [1.82, 2.24) is 0 Å². The van der Waals surface area contributed by atoms with Crippen molar-refractivity contribution in [3.8, 4) is 0 Å². The fourth-order valence-corrected chi connectivity index (χ4v) is 1.82. The zero-order chi connectivity index (χ0) is 11.7. The number of halogens is 1. The normalized spacial score (nSPS) is 10.1. The number of carbonyl (C=O) groups excluding carboxylic acids is 2. The largest absolute Gasteiger partial charge is 0.545 e. The summed E-state index contributed by atoms with van der Waals surface area (Å²) in [4.78, 5) is 21.5. The first-order chi connectivity index (χ1) is 6.86. The Morgan fingerprint density at radius 2 is 1.67 bits per heavy atom. The Labute approximate surface area is 94.7 Å². The zero-order valence-electron chi connectivity index (χ0n) is 8.09. The maximum Gasteiger partial charge on any atom is 0.0721 e. The van der Waals surface area contributed by atoms with Crippen molar-refractivity contribution in [3.63, 3.8) is 0 Å². The quantitative estimate of drug-likeness (QED) is 0.745. The van der Waals surface area contributed by atoms with Crippen LogP contribution in [0.3, 0.4) is 0 Å². The van der Waals surface area contributed by atoms with Crippen LogP contribution in [0, 0.1) is 13.8 Å². The molecule has 1 aromatic carbocycles. The van der Waals surface area contributed by atoms with E-state index in [1.165, 1.54) is 13.0 Å². The van der Waals surface area contributed by atoms with Crippen molar-refractivity contribution in [2.45, 2.75) is 13.8 Å². The molecule has 1 aromatic rings. The van der Waals surface area contributed by atoms with E-state index in [9.17, 15) is 19.8 Å². The van der Waals surface area contributed by atoms with Crippen molar-refractivity contribution in [2.75, 3.05) is 0 Å². The van der Waals surface area contributed by atoms with Crippen LogP contribution in [-0.2, 0) is 0 Å². The molecule has 0 atom stereocenters. The number of carbonyl (C=O) groups is 2. The monoisotopic (exact) mass is 270 g/mol. The molecule has 0 amide bonds. The Kier molecular flexibility index (Phi) is 3.14. The molecule has 5 heteroatoms. The van der Waals surface area contributed by atoms with E-state index in [2.05, 4.69) is 15.9 Å². The van der Waals surface area contributed by atoms with Gasteiger partial charge in [-0.3, -0.25) is 0 Å². The highest BCUT2D eigenvalue weighted by molar-refractivity contribution is 9.10. The zero-order valence-corrected chi connectivity index (χ0v) is 9.67. The van der Waals surface area contributed by atoms with E-state index >= 15 is 0 Å². The fraction of sp³-hybridized carbons (Fsp3) is 0.200. The number of carboxylic acids is 2. The molecule has 4 nitrogen and oxygen atoms in total. The van der Waals surface area contributed by atoms with Crippen LogP contribution in [-0.4, -0.2) is 11.9 Å². The van der Waals surface area contributed by atoms with E-state index in [1.807, 2.05) is 0 Å². The predicted octanol–water partition coefficient (Wildman–Crippen LogP) is -0.207. The molecule has 0 saturated carbocycles. The summed E-state index contributed by atoms with van der Waals surface area (Å²) in [6.07, 6.45) is 0. The van der Waals surface area contributed by atoms with Crippen LogP contribution < -0.4 is 10.2 Å². The van der Waals surface area contributed by atoms with Crippen LogP contribution in [0.25, 0.3) is 0 Å². The molecule has 80 valence electrons. The first-order valence-corrected chi connectivity index (χ1v) is 4.88. The average Bonchev–Trinajstić information content (AvgIpc) is 2.10. The standard InChI is InChI=1S/C10H9BrO4/c1-4-6(9(12)13)3-7(11)5(2)8(4)10(14)15/h3H,1-2H3,(H,12,13)(H,14,15)/p-2. The molecule has 0 N–H and O–H groups in total. The van der Waals surface area contributed by atoms with Gasteiger partial charge in [-0.1, -0.05) is 15.9 Å². The van der Waals surface area contributed by atoms with Gasteiger partial charge in [-0.2, -0.15) is 0 Å². The van der Waals surface area contributed by atoms with E-state index in [-0.39, 0.29) is 16.7 Å². The third-order valence-electron chi connectivity index (χ3n) is 2.21. The van der Waals surface area contributed by atoms with E-state index < -0.39 is 11.9 Å². The highest BCUT2D eigenvalue weighted by atomic mass is 79.9. The van der Waals surface area contributed by atoms with Crippen LogP contribution in [0.1, 0.15) is 31.8 Å². The molecule has 0 spiro atoms. The molecule has 0 radical (unpaired) electrons. The SMILES string of the molecule is Cc1c(Br)cc(C(=O)[O-])c(C)c1C(=O)[O-]. The molecule has 0 unspecified atom stereocenters. The number of aromatic carboxylic acids is 2. The minimum absolute atomic E-state index is 0.108. The molecule has 0 aliphatic carbocycles. The lowest BCUT2D eigenvalue weighted by molar-refractivity contribution is -0.255. The number of rotatable bonds is 2. The molecule has 0 aliphatic rings. The van der Waals surface area contributed by atoms with Crippen molar-refractivity contribution in [2.24, 2.45) is 0 Å². The van der Waals surface area contributed by atoms with Crippen LogP contribution in [0.2, 0.25) is 0 Å². The van der Waals surface area contributed by atoms with Gasteiger partial charge < -0.3 is 19.8 Å². The average molecular weight is 271 g/mol. The Balaban J connectivity index is 3.63. The second kappa shape index (κ2) is 4.02. The van der Waals surface area contributed by atoms with Crippen LogP contribution >= 0.6 is 15.9 Å². The number of carboxylic acid groups (broad SMARTS) is 2. The Bertz CT molecular complexity index is 451. The second-order valence-corrected chi connectivity index (χ2v) is 3.96. The topological polar surface area (TPSA) is 80.3 Å². The number of benzene rings is 1. The third kappa shape index (κ3) is 2.02. The first kappa shape index (κ1) is 11.7. The van der Waals surface area contributed by atoms with E-state index in [0.29, 0.717) is 10.0 Å². The van der Waals surface area contributed by atoms with Gasteiger partial charge in [0.2, 0.25) is 0 Å². The molecule has 0 aliphatic heterocycles. The van der Waals surface area contributed by atoms with E-state index in [4.69, 9.17) is 0 Å². The summed E-state index contributed by atoms with van der Waals surface area (Å²) in [7, 11) is 0. The van der Waals surface area contributed by atoms with Gasteiger partial charge in [-0.05, 0) is 31.0 Å². The molecule has 1 rings (SSSR count). The fourth-order valence-electron chi connectivity index (χ4n) is 1.40. The molecule has 0 aromatic heterocycles. The van der Waals surface area contributed by atoms with Crippen LogP contribution in [0.15, 0.2) is 10.5 Å². The summed E-state index contributed by atoms with van der Waals surface area (Å²) in [5, 5.41) is 21.5. The van der Waals surface area contributed by atoms with Gasteiger partial charge in [0.15, 0.2) is 0 Å². The van der Waals surface area contributed by atoms with Crippen molar-refractivity contribution < 1.29 is 19.8 Å². The Morgan fingerprint density at radius 3 is 2.07 bits per heavy atom. The van der Waals surface area contributed by atoms with Gasteiger partial charge in [0.1, 0.15) is 0 Å². The molecule has 0 heterocycles. The summed E-state index contributed by atoms with van der Waals surface area (Å²) in [6, 6.07) is 1.33. The molecule has 0 saturated heterocycles. The molecule has 0 fully saturated rings. The van der Waals surface area contributed by atoms with E-state index in [1.54, 1.807) is 6.92 Å². The second-order valence-electron chi connectivity index (χ2n) is 3.11. The van der Waals surface area contributed by atoms with E-state index in [0.717, 1.165) is 0 Å². The van der Waals surface area contributed by atoms with Crippen molar-refractivity contribution in [1.29, 1.82) is 0 Å². The van der Waals surface area contributed by atoms with Gasteiger partial charge >= 0.3 is 0 Å². The van der Waals surface area contributed by atoms with Gasteiger partial charge in [-0.25, -0.2) is 0 Å². The minimum Gasteiger partial charge on any atom is -0.545 e. The summed E-state index contributed by atoms with van der Waals surface area (Å²) in [6.45, 7) is 2.98. The first-order valence-electron chi connectivity index (χ1n) is 4.08. The smallest absolute Gasteiger partial charge is 0.0721 e. The van der Waals surface area contributed by atoms with Crippen molar-refractivity contribution >= 4 is 27.9 Å². The summed E-state index contributed by atoms with van der Waals surface area (Å²) in [5.41, 5.74) is 0.337. The van der Waals surface area contributed by atoms with Gasteiger partial charge in [-0.15, -0.1) is 0 Å². The molecular weight excluding hydrogens is 264 g/mol. The Morgan fingerprint density at radius 1 is 1.13 bits per heavy atom. The summed E-state index contributed by atoms with van der Waals surface area (Å²) in [5.74, 6) is -2.80. The highest BCUT2D eigenvalue weighted by Gasteiger charge is 2.12. The summed E-state index contributed by atoms with van der Waals surface area (Å²) < 4.78 is 0.409. The molecular formula is C10H7BrO4-2. The maximum atomic E-state index is 10.8. The van der Waals surface area contributed by atoms with Crippen LogP contribution in [0.5, 0.6) is 0 Å². The van der Waals surface area contributed by atoms with Gasteiger partial charge in [0.05, 0.1) is 11.9 Å². The predicted molar refractivity (Wildman–Crippen MR) is 52.3 cm³/mol. The number of hydrogen-bond donors (Lipinski definition) is 0. The third-order valence-corrected chi connectivity index (χ3v) is 3.03.